The van der Waals surface area contributed by atoms with Gasteiger partial charge in [0.2, 0.25) is 5.91 Å². The molecule has 1 fully saturated rings. The van der Waals surface area contributed by atoms with Crippen molar-refractivity contribution in [1.82, 2.24) is 16.0 Å². The molecule has 0 aromatic heterocycles. The largest absolute Gasteiger partial charge is 0.497 e. The maximum absolute atomic E-state index is 14.1. The van der Waals surface area contributed by atoms with E-state index in [0.29, 0.717) is 38.6 Å². The van der Waals surface area contributed by atoms with Crippen molar-refractivity contribution in [3.05, 3.63) is 59.7 Å². The molecule has 0 saturated carbocycles. The van der Waals surface area contributed by atoms with E-state index in [9.17, 15) is 13.6 Å². The molecule has 0 aliphatic carbocycles. The Labute approximate surface area is 186 Å². The smallest absolute Gasteiger partial charge is 0.242 e. The fraction of sp³-hybridized carbons (Fsp3) is 0.391. The number of nitrogens with zero attached hydrogens (tertiary/aromatic N) is 2. The van der Waals surface area contributed by atoms with Gasteiger partial charge in [-0.1, -0.05) is 18.2 Å². The quantitative estimate of drug-likeness (QED) is 0.430. The summed E-state index contributed by atoms with van der Waals surface area (Å²) in [6.07, 6.45) is 0.696. The molecule has 1 unspecified atom stereocenters. The van der Waals surface area contributed by atoms with Crippen molar-refractivity contribution in [1.29, 1.82) is 0 Å². The van der Waals surface area contributed by atoms with Crippen molar-refractivity contribution >= 4 is 17.6 Å². The van der Waals surface area contributed by atoms with Crippen molar-refractivity contribution in [2.24, 2.45) is 4.99 Å². The van der Waals surface area contributed by atoms with Crippen LogP contribution in [0.15, 0.2) is 47.5 Å². The summed E-state index contributed by atoms with van der Waals surface area (Å²) in [5.41, 5.74) is 0.955. The van der Waals surface area contributed by atoms with E-state index in [1.165, 1.54) is 18.2 Å². The average Bonchev–Trinajstić information content (AvgIpc) is 3.24. The van der Waals surface area contributed by atoms with Gasteiger partial charge in [-0.25, -0.2) is 13.8 Å². The normalized spacial score (nSPS) is 16.1. The van der Waals surface area contributed by atoms with Gasteiger partial charge in [0, 0.05) is 32.2 Å². The number of hydrogen-bond acceptors (Lipinski definition) is 4. The van der Waals surface area contributed by atoms with E-state index < -0.39 is 11.6 Å². The number of carbonyl (C=O) groups excluding carboxylic acids is 1. The molecular formula is C23H29F2N5O2. The third kappa shape index (κ3) is 6.32. The number of methoxy groups -OCH3 is 1. The van der Waals surface area contributed by atoms with Crippen molar-refractivity contribution in [3.63, 3.8) is 0 Å². The first-order valence-corrected chi connectivity index (χ1v) is 10.6. The molecule has 2 aromatic rings. The fourth-order valence-corrected chi connectivity index (χ4v) is 3.54. The molecule has 0 bridgehead atoms. The molecule has 1 atom stereocenters. The number of amides is 1. The minimum Gasteiger partial charge on any atom is -0.497 e. The van der Waals surface area contributed by atoms with Crippen LogP contribution in [-0.2, 0) is 11.3 Å². The number of aliphatic imine (C=N–C) groups is 1. The first-order valence-electron chi connectivity index (χ1n) is 10.6. The molecule has 1 aliphatic heterocycles. The number of ether oxygens (including phenoxy) is 1. The van der Waals surface area contributed by atoms with Gasteiger partial charge in [-0.05, 0) is 43.2 Å². The molecule has 172 valence electrons. The van der Waals surface area contributed by atoms with E-state index in [4.69, 9.17) is 4.74 Å². The molecule has 1 amide bonds. The highest BCUT2D eigenvalue weighted by atomic mass is 19.1. The van der Waals surface area contributed by atoms with Crippen molar-refractivity contribution in [2.45, 2.75) is 25.9 Å². The van der Waals surface area contributed by atoms with E-state index in [1.54, 1.807) is 12.0 Å². The van der Waals surface area contributed by atoms with Crippen LogP contribution < -0.4 is 25.6 Å². The van der Waals surface area contributed by atoms with Crippen molar-refractivity contribution < 1.29 is 18.3 Å². The molecule has 0 radical (unpaired) electrons. The lowest BCUT2D eigenvalue weighted by molar-refractivity contribution is -0.119. The fourth-order valence-electron chi connectivity index (χ4n) is 3.54. The van der Waals surface area contributed by atoms with Crippen LogP contribution in [0.4, 0.5) is 14.5 Å². The minimum atomic E-state index is -0.570. The molecular weight excluding hydrogens is 416 g/mol. The molecule has 0 spiro atoms. The lowest BCUT2D eigenvalue weighted by Crippen LogP contribution is -2.45. The van der Waals surface area contributed by atoms with Crippen LogP contribution in [0, 0.1) is 11.6 Å². The van der Waals surface area contributed by atoms with E-state index >= 15 is 0 Å². The molecule has 9 heteroatoms. The average molecular weight is 446 g/mol. The maximum Gasteiger partial charge on any atom is 0.242 e. The Morgan fingerprint density at radius 2 is 1.88 bits per heavy atom. The predicted octanol–water partition coefficient (Wildman–Crippen LogP) is 2.42. The summed E-state index contributed by atoms with van der Waals surface area (Å²) in [5.74, 6) is -0.0961. The Hall–Kier alpha value is -3.36. The monoisotopic (exact) mass is 445 g/mol. The van der Waals surface area contributed by atoms with E-state index in [1.807, 2.05) is 31.2 Å². The third-order valence-corrected chi connectivity index (χ3v) is 5.16. The van der Waals surface area contributed by atoms with Gasteiger partial charge in [0.05, 0.1) is 7.11 Å². The lowest BCUT2D eigenvalue weighted by Gasteiger charge is -2.21. The molecule has 32 heavy (non-hydrogen) atoms. The molecule has 3 N–H and O–H groups in total. The number of guanidine groups is 1. The zero-order chi connectivity index (χ0) is 22.9. The third-order valence-electron chi connectivity index (χ3n) is 5.16. The molecule has 1 aliphatic rings. The molecule has 1 heterocycles. The van der Waals surface area contributed by atoms with Crippen LogP contribution in [0.25, 0.3) is 0 Å². The molecule has 2 aromatic carbocycles. The first-order chi connectivity index (χ1) is 15.5. The van der Waals surface area contributed by atoms with Gasteiger partial charge in [-0.15, -0.1) is 0 Å². The summed E-state index contributed by atoms with van der Waals surface area (Å²) in [4.78, 5) is 18.2. The molecule has 1 saturated heterocycles. The van der Waals surface area contributed by atoms with E-state index in [0.717, 1.165) is 11.3 Å². The second kappa shape index (κ2) is 11.3. The van der Waals surface area contributed by atoms with Crippen LogP contribution >= 0.6 is 0 Å². The standard InChI is InChI=1S/C23H29F2N5O2/c1-3-26-23(28-14-21(31)27-13-16-7-9-18(32-2)10-8-16)29-17-11-12-30(15-17)22-19(24)5-4-6-20(22)25/h4-10,17H,3,11-15H2,1-2H3,(H,27,31)(H2,26,28,29). The van der Waals surface area contributed by atoms with E-state index in [2.05, 4.69) is 20.9 Å². The van der Waals surface area contributed by atoms with Crippen LogP contribution in [0.5, 0.6) is 5.75 Å². The summed E-state index contributed by atoms with van der Waals surface area (Å²) >= 11 is 0. The van der Waals surface area contributed by atoms with Gasteiger partial charge >= 0.3 is 0 Å². The van der Waals surface area contributed by atoms with Crippen LogP contribution in [0.3, 0.4) is 0 Å². The highest BCUT2D eigenvalue weighted by molar-refractivity contribution is 5.85. The van der Waals surface area contributed by atoms with Gasteiger partial charge in [0.1, 0.15) is 29.6 Å². The zero-order valence-corrected chi connectivity index (χ0v) is 18.3. The van der Waals surface area contributed by atoms with Crippen LogP contribution in [0.2, 0.25) is 0 Å². The topological polar surface area (TPSA) is 78.0 Å². The van der Waals surface area contributed by atoms with Crippen molar-refractivity contribution in [2.75, 3.05) is 38.2 Å². The first kappa shape index (κ1) is 23.3. The number of hydrogen-bond donors (Lipinski definition) is 3. The maximum atomic E-state index is 14.1. The molecule has 3 rings (SSSR count). The number of benzene rings is 2. The lowest BCUT2D eigenvalue weighted by atomic mass is 10.2. The summed E-state index contributed by atoms with van der Waals surface area (Å²) < 4.78 is 33.3. The second-order valence-electron chi connectivity index (χ2n) is 7.47. The number of nitrogens with one attached hydrogen (secondary N) is 3. The van der Waals surface area contributed by atoms with Gasteiger partial charge < -0.3 is 25.6 Å². The van der Waals surface area contributed by atoms with Gasteiger partial charge in [0.25, 0.3) is 0 Å². The van der Waals surface area contributed by atoms with Crippen LogP contribution in [-0.4, -0.2) is 51.2 Å². The number of rotatable bonds is 8. The van der Waals surface area contributed by atoms with Crippen molar-refractivity contribution in [3.8, 4) is 5.75 Å². The predicted molar refractivity (Wildman–Crippen MR) is 121 cm³/mol. The minimum absolute atomic E-state index is 0.00310. The van der Waals surface area contributed by atoms with Gasteiger partial charge in [-0.2, -0.15) is 0 Å². The summed E-state index contributed by atoms with van der Waals surface area (Å²) in [6, 6.07) is 11.3. The Morgan fingerprint density at radius 3 is 2.53 bits per heavy atom. The molecule has 7 nitrogen and oxygen atoms in total. The summed E-state index contributed by atoms with van der Waals surface area (Å²) in [5, 5.41) is 9.20. The second-order valence-corrected chi connectivity index (χ2v) is 7.47. The SMILES string of the molecule is CCNC(=NCC(=O)NCc1ccc(OC)cc1)NC1CCN(c2c(F)cccc2F)C1. The Morgan fingerprint density at radius 1 is 1.16 bits per heavy atom. The highest BCUT2D eigenvalue weighted by Gasteiger charge is 2.27. The van der Waals surface area contributed by atoms with E-state index in [-0.39, 0.29) is 24.2 Å². The Kier molecular flexibility index (Phi) is 8.24. The number of anilines is 1. The summed E-state index contributed by atoms with van der Waals surface area (Å²) in [6.45, 7) is 3.87. The Balaban J connectivity index is 1.51. The number of halogens is 2. The highest BCUT2D eigenvalue weighted by Crippen LogP contribution is 2.26. The zero-order valence-electron chi connectivity index (χ0n) is 18.3. The number of carbonyl (C=O) groups is 1. The number of para-hydroxylation sites is 1. The van der Waals surface area contributed by atoms with Crippen LogP contribution in [0.1, 0.15) is 18.9 Å². The van der Waals surface area contributed by atoms with Gasteiger partial charge in [-0.3, -0.25) is 4.79 Å². The summed E-state index contributed by atoms with van der Waals surface area (Å²) in [7, 11) is 1.60. The Bertz CT molecular complexity index is 916. The van der Waals surface area contributed by atoms with Gasteiger partial charge in [0.15, 0.2) is 5.96 Å².